The highest BCUT2D eigenvalue weighted by Gasteiger charge is 2.41. The van der Waals surface area contributed by atoms with E-state index in [1.54, 1.807) is 0 Å². The van der Waals surface area contributed by atoms with E-state index in [9.17, 15) is 17.6 Å². The van der Waals surface area contributed by atoms with Crippen LogP contribution in [-0.2, 0) is 0 Å². The lowest BCUT2D eigenvalue weighted by Crippen LogP contribution is -2.24. The van der Waals surface area contributed by atoms with E-state index in [-0.39, 0.29) is 0 Å². The summed E-state index contributed by atoms with van der Waals surface area (Å²) < 4.78 is 50.8. The molecule has 0 aromatic rings. The van der Waals surface area contributed by atoms with Crippen LogP contribution in [0.1, 0.15) is 6.92 Å². The van der Waals surface area contributed by atoms with Gasteiger partial charge in [-0.3, -0.25) is 0 Å². The van der Waals surface area contributed by atoms with Gasteiger partial charge in [-0.2, -0.15) is 9.18 Å². The average molecular weight is 192 g/mol. The fourth-order valence-corrected chi connectivity index (χ4v) is 0.898. The van der Waals surface area contributed by atoms with Crippen LogP contribution >= 0.6 is 0 Å². The van der Waals surface area contributed by atoms with Crippen LogP contribution in [0.2, 0.25) is 0 Å². The van der Waals surface area contributed by atoms with Crippen LogP contribution in [-0.4, -0.2) is 16.7 Å². The fraction of sp³-hybridized carbons (Fsp3) is 0.286. The number of rotatable bonds is 0. The van der Waals surface area contributed by atoms with Crippen molar-refractivity contribution < 1.29 is 22.4 Å². The van der Waals surface area contributed by atoms with Crippen molar-refractivity contribution in [1.82, 2.24) is 0 Å². The average Bonchev–Trinajstić information content (AvgIpc) is 2.13. The van der Waals surface area contributed by atoms with Crippen LogP contribution < -0.4 is 0 Å². The third-order valence-electron chi connectivity index (χ3n) is 1.68. The van der Waals surface area contributed by atoms with Crippen molar-refractivity contribution in [3.63, 3.8) is 0 Å². The Morgan fingerprint density at radius 3 is 2.23 bits per heavy atom. The van der Waals surface area contributed by atoms with Crippen LogP contribution in [0.4, 0.5) is 17.6 Å². The quantitative estimate of drug-likeness (QED) is 0.321. The number of hydrogen-bond donors (Lipinski definition) is 0. The first kappa shape index (κ1) is 9.67. The highest BCUT2D eigenvalue weighted by atomic mass is 19.2. The first-order chi connectivity index (χ1) is 6.00. The SMILES string of the molecule is CC1=C(F)C(F)C(=[N+]=[N-])C(F)=C1F. The van der Waals surface area contributed by atoms with Gasteiger partial charge in [0, 0.05) is 5.57 Å². The second-order valence-electron chi connectivity index (χ2n) is 2.45. The normalized spacial score (nSPS) is 23.8. The third kappa shape index (κ3) is 1.29. The molecule has 0 saturated heterocycles. The maximum atomic E-state index is 12.8. The fourth-order valence-electron chi connectivity index (χ4n) is 0.898. The van der Waals surface area contributed by atoms with Crippen molar-refractivity contribution in [3.05, 3.63) is 28.6 Å². The minimum atomic E-state index is -2.54. The highest BCUT2D eigenvalue weighted by molar-refractivity contribution is 6.01. The predicted molar refractivity (Wildman–Crippen MR) is 36.6 cm³/mol. The molecule has 1 aliphatic rings. The molecule has 0 aromatic heterocycles. The van der Waals surface area contributed by atoms with E-state index in [0.29, 0.717) is 0 Å². The van der Waals surface area contributed by atoms with E-state index >= 15 is 0 Å². The molecule has 13 heavy (non-hydrogen) atoms. The molecule has 0 aliphatic heterocycles. The van der Waals surface area contributed by atoms with Gasteiger partial charge in [0.2, 0.25) is 5.83 Å². The molecule has 1 aliphatic carbocycles. The molecule has 0 saturated carbocycles. The summed E-state index contributed by atoms with van der Waals surface area (Å²) in [6.07, 6.45) is -2.54. The molecule has 1 atom stereocenters. The largest absolute Gasteiger partial charge is 0.371 e. The number of alkyl halides is 1. The van der Waals surface area contributed by atoms with Gasteiger partial charge in [-0.15, -0.1) is 0 Å². The summed E-state index contributed by atoms with van der Waals surface area (Å²) in [6, 6.07) is 0. The second kappa shape index (κ2) is 3.14. The molecule has 1 unspecified atom stereocenters. The van der Waals surface area contributed by atoms with Crippen molar-refractivity contribution in [1.29, 1.82) is 0 Å². The van der Waals surface area contributed by atoms with E-state index in [4.69, 9.17) is 5.53 Å². The Bertz CT molecular complexity index is 363. The van der Waals surface area contributed by atoms with Crippen molar-refractivity contribution >= 4 is 5.71 Å². The van der Waals surface area contributed by atoms with Gasteiger partial charge in [-0.05, 0) is 6.92 Å². The van der Waals surface area contributed by atoms with Gasteiger partial charge in [-0.1, -0.05) is 0 Å². The predicted octanol–water partition coefficient (Wildman–Crippen LogP) is 2.40. The molecule has 0 heterocycles. The molecule has 0 aromatic carbocycles. The standard InChI is InChI=1S/C7H4F4N2/c1-2-3(8)5(10)7(13-12)6(11)4(2)9/h5H,1H3. The van der Waals surface area contributed by atoms with E-state index in [1.165, 1.54) is 0 Å². The minimum absolute atomic E-state index is 0.752. The summed E-state index contributed by atoms with van der Waals surface area (Å²) in [4.78, 5) is 2.14. The molecular weight excluding hydrogens is 188 g/mol. The summed E-state index contributed by atoms with van der Waals surface area (Å²) in [6.45, 7) is 0.894. The van der Waals surface area contributed by atoms with Crippen molar-refractivity contribution in [2.24, 2.45) is 0 Å². The van der Waals surface area contributed by atoms with E-state index in [0.717, 1.165) is 6.92 Å². The molecule has 70 valence electrons. The third-order valence-corrected chi connectivity index (χ3v) is 1.68. The minimum Gasteiger partial charge on any atom is -0.361 e. The summed E-state index contributed by atoms with van der Waals surface area (Å²) in [5, 5.41) is 0. The molecule has 2 nitrogen and oxygen atoms in total. The first-order valence-electron chi connectivity index (χ1n) is 3.29. The monoisotopic (exact) mass is 192 g/mol. The lowest BCUT2D eigenvalue weighted by Gasteiger charge is -2.09. The van der Waals surface area contributed by atoms with Crippen LogP contribution in [0.5, 0.6) is 0 Å². The summed E-state index contributed by atoms with van der Waals surface area (Å²) in [5.41, 5.74) is 6.04. The highest BCUT2D eigenvalue weighted by Crippen LogP contribution is 2.31. The van der Waals surface area contributed by atoms with Crippen molar-refractivity contribution in [3.8, 4) is 0 Å². The Labute approximate surface area is 70.8 Å². The van der Waals surface area contributed by atoms with E-state index in [2.05, 4.69) is 4.79 Å². The van der Waals surface area contributed by atoms with E-state index in [1.807, 2.05) is 0 Å². The molecular formula is C7H4F4N2. The summed E-state index contributed by atoms with van der Waals surface area (Å²) in [7, 11) is 0. The Morgan fingerprint density at radius 2 is 1.77 bits per heavy atom. The number of hydrogen-bond acceptors (Lipinski definition) is 0. The Morgan fingerprint density at radius 1 is 1.23 bits per heavy atom. The Balaban J connectivity index is 3.40. The lowest BCUT2D eigenvalue weighted by atomic mass is 10.0. The van der Waals surface area contributed by atoms with Gasteiger partial charge in [0.15, 0.2) is 11.7 Å². The van der Waals surface area contributed by atoms with Gasteiger partial charge >= 0.3 is 5.71 Å². The van der Waals surface area contributed by atoms with Crippen molar-refractivity contribution in [2.75, 3.05) is 0 Å². The smallest absolute Gasteiger partial charge is 0.361 e. The number of allylic oxidation sites excluding steroid dienone is 4. The molecule has 0 spiro atoms. The summed E-state index contributed by atoms with van der Waals surface area (Å²) >= 11 is 0. The number of nitrogens with zero attached hydrogens (tertiary/aromatic N) is 2. The number of halogens is 4. The van der Waals surface area contributed by atoms with Gasteiger partial charge in [0.1, 0.15) is 0 Å². The van der Waals surface area contributed by atoms with Crippen molar-refractivity contribution in [2.45, 2.75) is 13.1 Å². The molecule has 1 rings (SSSR count). The van der Waals surface area contributed by atoms with E-state index < -0.39 is 34.9 Å². The zero-order valence-electron chi connectivity index (χ0n) is 6.48. The zero-order chi connectivity index (χ0) is 10.2. The summed E-state index contributed by atoms with van der Waals surface area (Å²) in [5.74, 6) is -4.69. The molecule has 0 bridgehead atoms. The van der Waals surface area contributed by atoms with Crippen LogP contribution in [0.15, 0.2) is 23.1 Å². The van der Waals surface area contributed by atoms with Gasteiger partial charge in [0.25, 0.3) is 6.17 Å². The molecule has 0 fully saturated rings. The maximum absolute atomic E-state index is 12.8. The van der Waals surface area contributed by atoms with Gasteiger partial charge in [-0.25, -0.2) is 13.2 Å². The van der Waals surface area contributed by atoms with Crippen LogP contribution in [0, 0.1) is 0 Å². The van der Waals surface area contributed by atoms with Crippen LogP contribution in [0.3, 0.4) is 0 Å². The molecule has 0 N–H and O–H groups in total. The lowest BCUT2D eigenvalue weighted by molar-refractivity contribution is -0.0156. The van der Waals surface area contributed by atoms with Gasteiger partial charge in [0.05, 0.1) is 0 Å². The topological polar surface area (TPSA) is 36.4 Å². The Hall–Kier alpha value is -1.42. The molecule has 0 amide bonds. The maximum Gasteiger partial charge on any atom is 0.371 e. The Kier molecular flexibility index (Phi) is 2.34. The molecule has 0 radical (unpaired) electrons. The van der Waals surface area contributed by atoms with Gasteiger partial charge < -0.3 is 5.53 Å². The van der Waals surface area contributed by atoms with Crippen LogP contribution in [0.25, 0.3) is 5.53 Å². The molecule has 6 heteroatoms. The first-order valence-corrected chi connectivity index (χ1v) is 3.29. The zero-order valence-corrected chi connectivity index (χ0v) is 6.48. The second-order valence-corrected chi connectivity index (χ2v) is 2.45.